The maximum atomic E-state index is 13.4. The van der Waals surface area contributed by atoms with Crippen LogP contribution in [0.1, 0.15) is 79.1 Å². The minimum absolute atomic E-state index is 0.00100. The molecule has 0 amide bonds. The number of carboxylic acid groups (broad SMARTS) is 1. The molecule has 4 aliphatic carbocycles. The molecule has 0 aromatic carbocycles. The van der Waals surface area contributed by atoms with E-state index in [9.17, 15) is 29.6 Å². The zero-order valence-corrected chi connectivity index (χ0v) is 20.8. The van der Waals surface area contributed by atoms with Gasteiger partial charge in [-0.05, 0) is 97.2 Å². The van der Waals surface area contributed by atoms with E-state index >= 15 is 0 Å². The van der Waals surface area contributed by atoms with Crippen molar-refractivity contribution in [3.05, 3.63) is 0 Å². The lowest BCUT2D eigenvalue weighted by atomic mass is 9.41. The molecule has 4 rings (SSSR count). The van der Waals surface area contributed by atoms with Crippen molar-refractivity contribution < 1.29 is 29.6 Å². The number of aliphatic hydroxyl groups is 3. The summed E-state index contributed by atoms with van der Waals surface area (Å²) in [6, 6.07) is 0. The Morgan fingerprint density at radius 3 is 2.36 bits per heavy atom. The first kappa shape index (κ1) is 25.4. The third-order valence-electron chi connectivity index (χ3n) is 11.4. The Morgan fingerprint density at radius 2 is 1.76 bits per heavy atom. The zero-order valence-electron chi connectivity index (χ0n) is 20.8. The second-order valence-electron chi connectivity index (χ2n) is 12.6. The molecule has 33 heavy (non-hydrogen) atoms. The van der Waals surface area contributed by atoms with Crippen molar-refractivity contribution in [3.8, 4) is 0 Å². The summed E-state index contributed by atoms with van der Waals surface area (Å²) in [5.74, 6) is -0.991. The lowest BCUT2D eigenvalue weighted by molar-refractivity contribution is -0.228. The first-order chi connectivity index (χ1) is 15.5. The predicted molar refractivity (Wildman–Crippen MR) is 124 cm³/mol. The molecule has 0 aromatic heterocycles. The number of carbonyl (C=O) groups is 1. The van der Waals surface area contributed by atoms with E-state index < -0.39 is 36.2 Å². The minimum Gasteiger partial charge on any atom is -0.481 e. The molecule has 6 heteroatoms. The number of carboxylic acids is 1. The Labute approximate surface area is 198 Å². The van der Waals surface area contributed by atoms with Crippen molar-refractivity contribution in [3.63, 3.8) is 0 Å². The van der Waals surface area contributed by atoms with Crippen molar-refractivity contribution in [2.75, 3.05) is 6.67 Å². The van der Waals surface area contributed by atoms with Crippen LogP contribution >= 0.6 is 0 Å². The largest absolute Gasteiger partial charge is 0.481 e. The standard InChI is InChI=1S/C27H45FO5/c1-5-17-20-11-16(29)8-9-26(20,3)21-12-22(30)27(4)18(6-7-19(27)23(21)24(17)31)14(2)10-15(13-28)25(32)33/h14-24,29-31H,5-13H2,1-4H3,(H,32,33)/t14-,15-,16-,17-,18-,19+,20+,21+,22+,23+,24-,26+,27-/m1/s1. The van der Waals surface area contributed by atoms with E-state index in [2.05, 4.69) is 20.8 Å². The highest BCUT2D eigenvalue weighted by molar-refractivity contribution is 5.70. The molecule has 4 N–H and O–H groups in total. The van der Waals surface area contributed by atoms with Gasteiger partial charge in [-0.2, -0.15) is 0 Å². The fourth-order valence-corrected chi connectivity index (χ4v) is 9.73. The molecular formula is C27H45FO5. The molecular weight excluding hydrogens is 423 g/mol. The molecule has 0 aromatic rings. The number of hydrogen-bond donors (Lipinski definition) is 4. The predicted octanol–water partition coefficient (Wildman–Crippen LogP) is 4.28. The van der Waals surface area contributed by atoms with Crippen LogP contribution in [0.15, 0.2) is 0 Å². The lowest BCUT2D eigenvalue weighted by Gasteiger charge is -2.65. The van der Waals surface area contributed by atoms with Crippen LogP contribution in [0.4, 0.5) is 4.39 Å². The summed E-state index contributed by atoms with van der Waals surface area (Å²) in [6.07, 6.45) is 4.88. The highest BCUT2D eigenvalue weighted by Gasteiger charge is 2.67. The zero-order chi connectivity index (χ0) is 24.3. The number of aliphatic hydroxyl groups excluding tert-OH is 3. The summed E-state index contributed by atoms with van der Waals surface area (Å²) >= 11 is 0. The average molecular weight is 469 g/mol. The molecule has 4 saturated carbocycles. The highest BCUT2D eigenvalue weighted by Crippen LogP contribution is 2.69. The van der Waals surface area contributed by atoms with Gasteiger partial charge in [-0.3, -0.25) is 9.18 Å². The maximum absolute atomic E-state index is 13.4. The monoisotopic (exact) mass is 468 g/mol. The van der Waals surface area contributed by atoms with E-state index in [1.54, 1.807) is 0 Å². The van der Waals surface area contributed by atoms with Crippen LogP contribution < -0.4 is 0 Å². The molecule has 5 nitrogen and oxygen atoms in total. The molecule has 0 saturated heterocycles. The Bertz CT molecular complexity index is 731. The Morgan fingerprint density at radius 1 is 1.06 bits per heavy atom. The molecule has 0 spiro atoms. The van der Waals surface area contributed by atoms with Crippen LogP contribution in [-0.2, 0) is 4.79 Å². The van der Waals surface area contributed by atoms with Crippen LogP contribution in [-0.4, -0.2) is 51.4 Å². The van der Waals surface area contributed by atoms with Gasteiger partial charge in [-0.25, -0.2) is 0 Å². The van der Waals surface area contributed by atoms with Crippen LogP contribution in [0.2, 0.25) is 0 Å². The summed E-state index contributed by atoms with van der Waals surface area (Å²) in [5.41, 5.74) is -0.380. The smallest absolute Gasteiger partial charge is 0.309 e. The second-order valence-corrected chi connectivity index (χ2v) is 12.6. The first-order valence-corrected chi connectivity index (χ1v) is 13.3. The van der Waals surface area contributed by atoms with Crippen LogP contribution in [0, 0.1) is 58.2 Å². The molecule has 0 aliphatic heterocycles. The third-order valence-corrected chi connectivity index (χ3v) is 11.4. The van der Waals surface area contributed by atoms with Crippen LogP contribution in [0.3, 0.4) is 0 Å². The quantitative estimate of drug-likeness (QED) is 0.466. The van der Waals surface area contributed by atoms with Crippen molar-refractivity contribution >= 4 is 5.97 Å². The lowest BCUT2D eigenvalue weighted by Crippen LogP contribution is -2.65. The molecule has 13 atom stereocenters. The van der Waals surface area contributed by atoms with Gasteiger partial charge in [0, 0.05) is 0 Å². The summed E-state index contributed by atoms with van der Waals surface area (Å²) < 4.78 is 13.4. The van der Waals surface area contributed by atoms with E-state index in [4.69, 9.17) is 0 Å². The molecule has 0 heterocycles. The second kappa shape index (κ2) is 9.05. The van der Waals surface area contributed by atoms with Gasteiger partial charge >= 0.3 is 5.97 Å². The fraction of sp³-hybridized carbons (Fsp3) is 0.963. The summed E-state index contributed by atoms with van der Waals surface area (Å²) in [4.78, 5) is 11.5. The number of hydrogen-bond acceptors (Lipinski definition) is 4. The average Bonchev–Trinajstić information content (AvgIpc) is 3.12. The Balaban J connectivity index is 1.65. The fourth-order valence-electron chi connectivity index (χ4n) is 9.73. The van der Waals surface area contributed by atoms with Crippen molar-refractivity contribution in [1.82, 2.24) is 0 Å². The highest BCUT2D eigenvalue weighted by atomic mass is 19.1. The molecule has 4 aliphatic rings. The Kier molecular flexibility index (Phi) is 6.96. The number of alkyl halides is 1. The first-order valence-electron chi connectivity index (χ1n) is 13.3. The van der Waals surface area contributed by atoms with E-state index in [0.717, 1.165) is 38.5 Å². The van der Waals surface area contributed by atoms with Gasteiger partial charge in [-0.15, -0.1) is 0 Å². The Hall–Kier alpha value is -0.720. The molecule has 190 valence electrons. The van der Waals surface area contributed by atoms with Crippen LogP contribution in [0.5, 0.6) is 0 Å². The summed E-state index contributed by atoms with van der Waals surface area (Å²) in [6.45, 7) is 7.82. The number of fused-ring (bicyclic) bond motifs is 5. The SMILES string of the molecule is CC[C@H]1[C@@H](O)[C@@H]2[C@H](C[C@H](O)[C@]3(C)[C@@H]([C@H](C)C[C@H](CF)C(=O)O)CC[C@@H]23)[C@@]2(C)CC[C@@H](O)C[C@@H]12. The van der Waals surface area contributed by atoms with Gasteiger partial charge < -0.3 is 20.4 Å². The van der Waals surface area contributed by atoms with E-state index in [-0.39, 0.29) is 59.4 Å². The number of rotatable bonds is 6. The third kappa shape index (κ3) is 3.78. The summed E-state index contributed by atoms with van der Waals surface area (Å²) in [7, 11) is 0. The van der Waals surface area contributed by atoms with Gasteiger partial charge in [-0.1, -0.05) is 34.1 Å². The molecule has 0 radical (unpaired) electrons. The summed E-state index contributed by atoms with van der Waals surface area (Å²) in [5, 5.41) is 43.2. The van der Waals surface area contributed by atoms with Gasteiger partial charge in [0.25, 0.3) is 0 Å². The minimum atomic E-state index is -1.08. The van der Waals surface area contributed by atoms with Crippen LogP contribution in [0.25, 0.3) is 0 Å². The van der Waals surface area contributed by atoms with E-state index in [1.807, 2.05) is 6.92 Å². The van der Waals surface area contributed by atoms with E-state index in [0.29, 0.717) is 6.42 Å². The normalized spacial score (nSPS) is 51.2. The van der Waals surface area contributed by atoms with Gasteiger partial charge in [0.15, 0.2) is 0 Å². The molecule has 4 fully saturated rings. The number of aliphatic carboxylic acids is 1. The van der Waals surface area contributed by atoms with Gasteiger partial charge in [0.1, 0.15) is 6.67 Å². The van der Waals surface area contributed by atoms with Gasteiger partial charge in [0.2, 0.25) is 0 Å². The van der Waals surface area contributed by atoms with Crippen molar-refractivity contribution in [2.24, 2.45) is 58.2 Å². The molecule has 0 unspecified atom stereocenters. The van der Waals surface area contributed by atoms with Crippen molar-refractivity contribution in [2.45, 2.75) is 97.4 Å². The molecule has 0 bridgehead atoms. The topological polar surface area (TPSA) is 98.0 Å². The van der Waals surface area contributed by atoms with Gasteiger partial charge in [0.05, 0.1) is 24.2 Å². The number of halogens is 1. The maximum Gasteiger partial charge on any atom is 0.309 e. The van der Waals surface area contributed by atoms with E-state index in [1.165, 1.54) is 0 Å². The van der Waals surface area contributed by atoms with Crippen molar-refractivity contribution in [1.29, 1.82) is 0 Å².